The Labute approximate surface area is 126 Å². The van der Waals surface area contributed by atoms with E-state index in [2.05, 4.69) is 46.5 Å². The molecule has 0 spiro atoms. The number of aliphatic imine (C=N–C) groups is 1. The number of halogens is 1. The molecule has 3 rings (SSSR count). The summed E-state index contributed by atoms with van der Waals surface area (Å²) in [5.41, 5.74) is 3.06. The molecule has 4 heteroatoms. The van der Waals surface area contributed by atoms with Gasteiger partial charge in [0.05, 0.1) is 6.54 Å². The van der Waals surface area contributed by atoms with Gasteiger partial charge in [-0.2, -0.15) is 0 Å². The SMILES string of the molecule is CN1CCN=C1NCC1Cc2ccccc2C1.I. The van der Waals surface area contributed by atoms with E-state index in [0.29, 0.717) is 0 Å². The van der Waals surface area contributed by atoms with Crippen LogP contribution >= 0.6 is 24.0 Å². The van der Waals surface area contributed by atoms with Gasteiger partial charge in [0.2, 0.25) is 0 Å². The largest absolute Gasteiger partial charge is 0.356 e. The minimum Gasteiger partial charge on any atom is -0.356 e. The molecule has 98 valence electrons. The van der Waals surface area contributed by atoms with Crippen LogP contribution in [0.2, 0.25) is 0 Å². The summed E-state index contributed by atoms with van der Waals surface area (Å²) in [6, 6.07) is 8.80. The third kappa shape index (κ3) is 2.79. The van der Waals surface area contributed by atoms with Gasteiger partial charge in [0, 0.05) is 20.1 Å². The van der Waals surface area contributed by atoms with E-state index < -0.39 is 0 Å². The van der Waals surface area contributed by atoms with Crippen LogP contribution in [0.25, 0.3) is 0 Å². The fourth-order valence-electron chi connectivity index (χ4n) is 2.75. The molecule has 1 aromatic carbocycles. The van der Waals surface area contributed by atoms with Crippen LogP contribution in [-0.2, 0) is 12.8 Å². The Morgan fingerprint density at radius 3 is 2.50 bits per heavy atom. The highest BCUT2D eigenvalue weighted by Gasteiger charge is 2.21. The molecule has 1 aromatic rings. The Kier molecular flexibility index (Phi) is 4.48. The summed E-state index contributed by atoms with van der Waals surface area (Å²) in [5.74, 6) is 1.80. The van der Waals surface area contributed by atoms with Crippen LogP contribution < -0.4 is 5.32 Å². The molecule has 0 fully saturated rings. The summed E-state index contributed by atoms with van der Waals surface area (Å²) in [5, 5.41) is 3.48. The summed E-state index contributed by atoms with van der Waals surface area (Å²) in [6.07, 6.45) is 2.42. The monoisotopic (exact) mass is 357 g/mol. The quantitative estimate of drug-likeness (QED) is 0.819. The van der Waals surface area contributed by atoms with E-state index in [9.17, 15) is 0 Å². The van der Waals surface area contributed by atoms with Crippen LogP contribution in [-0.4, -0.2) is 37.5 Å². The van der Waals surface area contributed by atoms with Gasteiger partial charge >= 0.3 is 0 Å². The lowest BCUT2D eigenvalue weighted by molar-refractivity contribution is 0.499. The Morgan fingerprint density at radius 2 is 1.94 bits per heavy atom. The van der Waals surface area contributed by atoms with Crippen molar-refractivity contribution in [1.29, 1.82) is 0 Å². The van der Waals surface area contributed by atoms with Crippen molar-refractivity contribution in [2.45, 2.75) is 12.8 Å². The van der Waals surface area contributed by atoms with E-state index >= 15 is 0 Å². The Morgan fingerprint density at radius 1 is 1.28 bits per heavy atom. The van der Waals surface area contributed by atoms with Gasteiger partial charge in [-0.15, -0.1) is 24.0 Å². The highest BCUT2D eigenvalue weighted by atomic mass is 127. The van der Waals surface area contributed by atoms with Crippen molar-refractivity contribution >= 4 is 29.9 Å². The van der Waals surface area contributed by atoms with Crippen molar-refractivity contribution in [1.82, 2.24) is 10.2 Å². The average molecular weight is 357 g/mol. The lowest BCUT2D eigenvalue weighted by Crippen LogP contribution is -2.38. The van der Waals surface area contributed by atoms with Crippen LogP contribution in [0, 0.1) is 5.92 Å². The van der Waals surface area contributed by atoms with Crippen molar-refractivity contribution < 1.29 is 0 Å². The number of hydrogen-bond acceptors (Lipinski definition) is 3. The molecule has 1 N–H and O–H groups in total. The Balaban J connectivity index is 0.00000120. The van der Waals surface area contributed by atoms with E-state index in [4.69, 9.17) is 0 Å². The van der Waals surface area contributed by atoms with Gasteiger partial charge in [-0.05, 0) is 29.9 Å². The lowest BCUT2D eigenvalue weighted by atomic mass is 10.1. The maximum Gasteiger partial charge on any atom is 0.193 e. The molecule has 1 aliphatic carbocycles. The zero-order valence-corrected chi connectivity index (χ0v) is 13.1. The molecule has 18 heavy (non-hydrogen) atoms. The Bertz CT molecular complexity index is 419. The van der Waals surface area contributed by atoms with E-state index in [1.807, 2.05) is 0 Å². The third-order valence-corrected chi connectivity index (χ3v) is 3.74. The standard InChI is InChI=1S/C14H19N3.HI/c1-17-7-6-15-14(17)16-10-11-8-12-4-2-3-5-13(12)9-11;/h2-5,11H,6-10H2,1H3,(H,15,16);1H. The number of hydrogen-bond donors (Lipinski definition) is 1. The van der Waals surface area contributed by atoms with E-state index in [1.165, 1.54) is 24.0 Å². The summed E-state index contributed by atoms with van der Waals surface area (Å²) >= 11 is 0. The number of nitrogens with one attached hydrogen (secondary N) is 1. The zero-order chi connectivity index (χ0) is 11.7. The number of likely N-dealkylation sites (N-methyl/N-ethyl adjacent to an activating group) is 1. The van der Waals surface area contributed by atoms with Gasteiger partial charge in [0.1, 0.15) is 0 Å². The van der Waals surface area contributed by atoms with Gasteiger partial charge in [-0.25, -0.2) is 0 Å². The van der Waals surface area contributed by atoms with E-state index in [1.54, 1.807) is 0 Å². The molecule has 0 saturated carbocycles. The fourth-order valence-corrected chi connectivity index (χ4v) is 2.75. The zero-order valence-electron chi connectivity index (χ0n) is 10.7. The van der Waals surface area contributed by atoms with Gasteiger partial charge in [0.15, 0.2) is 5.96 Å². The number of guanidine groups is 1. The second-order valence-electron chi connectivity index (χ2n) is 5.05. The molecular weight excluding hydrogens is 337 g/mol. The molecular formula is C14H20IN3. The minimum absolute atomic E-state index is 0. The van der Waals surface area contributed by atoms with Crippen molar-refractivity contribution in [3.8, 4) is 0 Å². The Hall–Kier alpha value is -0.780. The number of fused-ring (bicyclic) bond motifs is 1. The maximum atomic E-state index is 4.46. The molecule has 0 unspecified atom stereocenters. The smallest absolute Gasteiger partial charge is 0.193 e. The first-order chi connectivity index (χ1) is 8.33. The van der Waals surface area contributed by atoms with E-state index in [0.717, 1.165) is 31.5 Å². The first kappa shape index (κ1) is 13.6. The first-order valence-electron chi connectivity index (χ1n) is 6.39. The highest BCUT2D eigenvalue weighted by molar-refractivity contribution is 14.0. The predicted molar refractivity (Wildman–Crippen MR) is 85.7 cm³/mol. The highest BCUT2D eigenvalue weighted by Crippen LogP contribution is 2.25. The van der Waals surface area contributed by atoms with Gasteiger partial charge in [-0.3, -0.25) is 4.99 Å². The van der Waals surface area contributed by atoms with Crippen LogP contribution in [0.15, 0.2) is 29.3 Å². The summed E-state index contributed by atoms with van der Waals surface area (Å²) < 4.78 is 0. The molecule has 1 aliphatic heterocycles. The van der Waals surface area contributed by atoms with Gasteiger partial charge < -0.3 is 10.2 Å². The topological polar surface area (TPSA) is 27.6 Å². The van der Waals surface area contributed by atoms with Crippen LogP contribution in [0.3, 0.4) is 0 Å². The first-order valence-corrected chi connectivity index (χ1v) is 6.39. The van der Waals surface area contributed by atoms with Gasteiger partial charge in [0.25, 0.3) is 0 Å². The molecule has 3 nitrogen and oxygen atoms in total. The number of benzene rings is 1. The van der Waals surface area contributed by atoms with Crippen molar-refractivity contribution in [3.05, 3.63) is 35.4 Å². The normalized spacial score (nSPS) is 18.3. The molecule has 0 atom stereocenters. The van der Waals surface area contributed by atoms with Crippen molar-refractivity contribution in [2.24, 2.45) is 10.9 Å². The fraction of sp³-hybridized carbons (Fsp3) is 0.500. The summed E-state index contributed by atoms with van der Waals surface area (Å²) in [4.78, 5) is 6.65. The second kappa shape index (κ2) is 5.91. The predicted octanol–water partition coefficient (Wildman–Crippen LogP) is 1.91. The van der Waals surface area contributed by atoms with E-state index in [-0.39, 0.29) is 24.0 Å². The third-order valence-electron chi connectivity index (χ3n) is 3.74. The molecule has 2 aliphatic rings. The van der Waals surface area contributed by atoms with Gasteiger partial charge in [-0.1, -0.05) is 24.3 Å². The molecule has 0 bridgehead atoms. The average Bonchev–Trinajstić information content (AvgIpc) is 2.92. The summed E-state index contributed by atoms with van der Waals surface area (Å²) in [7, 11) is 2.10. The molecule has 1 heterocycles. The summed E-state index contributed by atoms with van der Waals surface area (Å²) in [6.45, 7) is 3.02. The number of rotatable bonds is 2. The second-order valence-corrected chi connectivity index (χ2v) is 5.05. The van der Waals surface area contributed by atoms with Crippen LogP contribution in [0.1, 0.15) is 11.1 Å². The minimum atomic E-state index is 0. The molecule has 0 saturated heterocycles. The maximum absolute atomic E-state index is 4.46. The lowest BCUT2D eigenvalue weighted by Gasteiger charge is -2.17. The van der Waals surface area contributed by atoms with Crippen LogP contribution in [0.5, 0.6) is 0 Å². The molecule has 0 radical (unpaired) electrons. The number of nitrogens with zero attached hydrogens (tertiary/aromatic N) is 2. The molecule has 0 aromatic heterocycles. The van der Waals surface area contributed by atoms with Crippen LogP contribution in [0.4, 0.5) is 0 Å². The van der Waals surface area contributed by atoms with Crippen molar-refractivity contribution in [3.63, 3.8) is 0 Å². The molecule has 0 amide bonds. The van der Waals surface area contributed by atoms with Crippen molar-refractivity contribution in [2.75, 3.05) is 26.7 Å².